The molecule has 2 heterocycles. The molecule has 3 rings (SSSR count). The number of fused-ring (bicyclic) bond motifs is 1. The third kappa shape index (κ3) is 2.91. The molecule has 0 aliphatic carbocycles. The van der Waals surface area contributed by atoms with Crippen molar-refractivity contribution in [1.82, 2.24) is 9.13 Å². The summed E-state index contributed by atoms with van der Waals surface area (Å²) in [5, 5.41) is 12.3. The number of aryl methyl sites for hydroxylation is 1. The topological polar surface area (TPSA) is 93.3 Å². The van der Waals surface area contributed by atoms with Crippen molar-refractivity contribution in [3.05, 3.63) is 64.7 Å². The quantitative estimate of drug-likeness (QED) is 0.763. The lowest BCUT2D eigenvalue weighted by Crippen LogP contribution is -2.24. The standard InChI is InChI=1S/C17H15N3O4/c1-19-8-7-12-13(3-2-4-14(12)19)17(24)18-11-5-6-15(21)20(9-11)10-16(22)23/h2-9H,10H2,1H3,(H,18,24)(H,22,23). The fourth-order valence-corrected chi connectivity index (χ4v) is 2.57. The molecule has 2 aromatic heterocycles. The Morgan fingerprint density at radius 2 is 1.96 bits per heavy atom. The van der Waals surface area contributed by atoms with Crippen LogP contribution in [0.4, 0.5) is 5.69 Å². The first-order chi connectivity index (χ1) is 11.5. The van der Waals surface area contributed by atoms with E-state index in [0.717, 1.165) is 15.5 Å². The number of anilines is 1. The number of carboxylic acid groups (broad SMARTS) is 1. The molecule has 122 valence electrons. The van der Waals surface area contributed by atoms with Crippen molar-refractivity contribution >= 4 is 28.5 Å². The molecule has 0 saturated carbocycles. The highest BCUT2D eigenvalue weighted by Gasteiger charge is 2.12. The van der Waals surface area contributed by atoms with E-state index in [9.17, 15) is 14.4 Å². The van der Waals surface area contributed by atoms with Crippen LogP contribution in [0.2, 0.25) is 0 Å². The highest BCUT2D eigenvalue weighted by Crippen LogP contribution is 2.20. The lowest BCUT2D eigenvalue weighted by atomic mass is 10.1. The van der Waals surface area contributed by atoms with Crippen molar-refractivity contribution < 1.29 is 14.7 Å². The van der Waals surface area contributed by atoms with Crippen LogP contribution < -0.4 is 10.9 Å². The summed E-state index contributed by atoms with van der Waals surface area (Å²) in [6.07, 6.45) is 3.19. The molecule has 1 amide bonds. The molecule has 0 fully saturated rings. The molecule has 2 N–H and O–H groups in total. The van der Waals surface area contributed by atoms with E-state index in [1.165, 1.54) is 18.3 Å². The number of rotatable bonds is 4. The zero-order valence-electron chi connectivity index (χ0n) is 12.9. The first-order valence-electron chi connectivity index (χ1n) is 7.23. The Morgan fingerprint density at radius 1 is 1.17 bits per heavy atom. The normalized spacial score (nSPS) is 10.7. The zero-order valence-corrected chi connectivity index (χ0v) is 12.9. The molecular formula is C17H15N3O4. The Morgan fingerprint density at radius 3 is 2.71 bits per heavy atom. The molecular weight excluding hydrogens is 310 g/mol. The minimum absolute atomic E-state index is 0.327. The van der Waals surface area contributed by atoms with Crippen LogP contribution in [0, 0.1) is 0 Å². The van der Waals surface area contributed by atoms with Gasteiger partial charge in [0.25, 0.3) is 11.5 Å². The first kappa shape index (κ1) is 15.5. The summed E-state index contributed by atoms with van der Waals surface area (Å²) in [7, 11) is 1.89. The second kappa shape index (κ2) is 6.04. The number of carbonyl (C=O) groups excluding carboxylic acids is 1. The van der Waals surface area contributed by atoms with E-state index in [2.05, 4.69) is 5.32 Å². The molecule has 0 saturated heterocycles. The molecule has 7 nitrogen and oxygen atoms in total. The van der Waals surface area contributed by atoms with Gasteiger partial charge in [-0.1, -0.05) is 6.07 Å². The number of hydrogen-bond donors (Lipinski definition) is 2. The van der Waals surface area contributed by atoms with E-state index in [-0.39, 0.29) is 5.91 Å². The molecule has 3 aromatic rings. The van der Waals surface area contributed by atoms with Gasteiger partial charge in [0.15, 0.2) is 0 Å². The lowest BCUT2D eigenvalue weighted by Gasteiger charge is -2.09. The number of aromatic nitrogens is 2. The maximum Gasteiger partial charge on any atom is 0.323 e. The summed E-state index contributed by atoms with van der Waals surface area (Å²) in [6, 6.07) is 9.95. The summed E-state index contributed by atoms with van der Waals surface area (Å²) in [5.41, 5.74) is 1.34. The molecule has 0 aliphatic rings. The van der Waals surface area contributed by atoms with Gasteiger partial charge in [0.1, 0.15) is 6.54 Å². The lowest BCUT2D eigenvalue weighted by molar-refractivity contribution is -0.137. The van der Waals surface area contributed by atoms with E-state index >= 15 is 0 Å². The maximum absolute atomic E-state index is 12.5. The van der Waals surface area contributed by atoms with Crippen molar-refractivity contribution in [2.45, 2.75) is 6.54 Å². The smallest absolute Gasteiger partial charge is 0.323 e. The van der Waals surface area contributed by atoms with E-state index in [0.29, 0.717) is 11.3 Å². The minimum atomic E-state index is -1.13. The summed E-state index contributed by atoms with van der Waals surface area (Å²) < 4.78 is 2.94. The highest BCUT2D eigenvalue weighted by molar-refractivity contribution is 6.12. The van der Waals surface area contributed by atoms with Crippen LogP contribution in [0.5, 0.6) is 0 Å². The monoisotopic (exact) mass is 325 g/mol. The van der Waals surface area contributed by atoms with Crippen molar-refractivity contribution in [2.75, 3.05) is 5.32 Å². The molecule has 0 atom stereocenters. The van der Waals surface area contributed by atoms with E-state index < -0.39 is 18.1 Å². The van der Waals surface area contributed by atoms with Gasteiger partial charge in [-0.2, -0.15) is 0 Å². The molecule has 0 aliphatic heterocycles. The van der Waals surface area contributed by atoms with Crippen molar-refractivity contribution in [3.8, 4) is 0 Å². The van der Waals surface area contributed by atoms with E-state index in [1.54, 1.807) is 12.1 Å². The Hall–Kier alpha value is -3.35. The highest BCUT2D eigenvalue weighted by atomic mass is 16.4. The fourth-order valence-electron chi connectivity index (χ4n) is 2.57. The van der Waals surface area contributed by atoms with Gasteiger partial charge in [-0.05, 0) is 24.3 Å². The Kier molecular flexibility index (Phi) is 3.91. The minimum Gasteiger partial charge on any atom is -0.480 e. The van der Waals surface area contributed by atoms with Gasteiger partial charge in [0.05, 0.1) is 5.69 Å². The number of aliphatic carboxylic acids is 1. The third-order valence-electron chi connectivity index (χ3n) is 3.72. The summed E-state index contributed by atoms with van der Waals surface area (Å²) in [5.74, 6) is -1.46. The summed E-state index contributed by atoms with van der Waals surface area (Å²) >= 11 is 0. The van der Waals surface area contributed by atoms with Crippen molar-refractivity contribution in [3.63, 3.8) is 0 Å². The maximum atomic E-state index is 12.5. The van der Waals surface area contributed by atoms with Crippen LogP contribution in [0.1, 0.15) is 10.4 Å². The van der Waals surface area contributed by atoms with Gasteiger partial charge >= 0.3 is 5.97 Å². The van der Waals surface area contributed by atoms with Crippen LogP contribution >= 0.6 is 0 Å². The second-order valence-corrected chi connectivity index (χ2v) is 5.40. The van der Waals surface area contributed by atoms with Gasteiger partial charge < -0.3 is 19.6 Å². The SMILES string of the molecule is Cn1ccc2c(C(=O)Nc3ccc(=O)n(CC(=O)O)c3)cccc21. The Bertz CT molecular complexity index is 1000. The summed E-state index contributed by atoms with van der Waals surface area (Å²) in [6.45, 7) is -0.461. The van der Waals surface area contributed by atoms with Crippen LogP contribution in [0.15, 0.2) is 53.6 Å². The zero-order chi connectivity index (χ0) is 17.3. The number of hydrogen-bond acceptors (Lipinski definition) is 3. The molecule has 1 aromatic carbocycles. The van der Waals surface area contributed by atoms with Crippen LogP contribution in [-0.4, -0.2) is 26.1 Å². The van der Waals surface area contributed by atoms with E-state index in [1.807, 2.05) is 29.9 Å². The number of carbonyl (C=O) groups is 2. The number of pyridine rings is 1. The van der Waals surface area contributed by atoms with Crippen LogP contribution in [0.3, 0.4) is 0 Å². The average molecular weight is 325 g/mol. The predicted octanol–water partition coefficient (Wildman–Crippen LogP) is 1.68. The molecule has 0 bridgehead atoms. The predicted molar refractivity (Wildman–Crippen MR) is 89.2 cm³/mol. The van der Waals surface area contributed by atoms with Crippen molar-refractivity contribution in [1.29, 1.82) is 0 Å². The average Bonchev–Trinajstić information content (AvgIpc) is 2.91. The number of benzene rings is 1. The number of nitrogens with one attached hydrogen (secondary N) is 1. The Balaban J connectivity index is 1.92. The van der Waals surface area contributed by atoms with Crippen LogP contribution in [-0.2, 0) is 18.4 Å². The Labute approximate surface area is 136 Å². The van der Waals surface area contributed by atoms with Crippen molar-refractivity contribution in [2.24, 2.45) is 7.05 Å². The summed E-state index contributed by atoms with van der Waals surface area (Å²) in [4.78, 5) is 34.9. The number of amides is 1. The third-order valence-corrected chi connectivity index (χ3v) is 3.72. The van der Waals surface area contributed by atoms with Gasteiger partial charge in [-0.25, -0.2) is 0 Å². The molecule has 7 heteroatoms. The fraction of sp³-hybridized carbons (Fsp3) is 0.118. The second-order valence-electron chi connectivity index (χ2n) is 5.40. The molecule has 24 heavy (non-hydrogen) atoms. The first-order valence-corrected chi connectivity index (χ1v) is 7.23. The van der Waals surface area contributed by atoms with Crippen LogP contribution in [0.25, 0.3) is 10.9 Å². The molecule has 0 radical (unpaired) electrons. The number of carboxylic acids is 1. The molecule has 0 spiro atoms. The van der Waals surface area contributed by atoms with Gasteiger partial charge in [-0.15, -0.1) is 0 Å². The van der Waals surface area contributed by atoms with E-state index in [4.69, 9.17) is 5.11 Å². The number of nitrogens with zero attached hydrogens (tertiary/aromatic N) is 2. The van der Waals surface area contributed by atoms with Gasteiger partial charge in [-0.3, -0.25) is 14.4 Å². The molecule has 0 unspecified atom stereocenters. The largest absolute Gasteiger partial charge is 0.480 e. The van der Waals surface area contributed by atoms with Gasteiger partial charge in [0, 0.05) is 42.0 Å². The van der Waals surface area contributed by atoms with Gasteiger partial charge in [0.2, 0.25) is 0 Å².